The minimum atomic E-state index is -10.0. The minimum absolute atomic E-state index is 4.55. The molecule has 0 rings (SSSR count). The molecule has 0 amide bonds. The third kappa shape index (κ3) is 4.49. The summed E-state index contributed by atoms with van der Waals surface area (Å²) in [5.41, 5.74) is 0. The van der Waals surface area contributed by atoms with Crippen LogP contribution >= 0.6 is 0 Å². The molecular weight excluding hydrogens is 595 g/mol. The third-order valence-corrected chi connectivity index (χ3v) is 17.4. The van der Waals surface area contributed by atoms with Gasteiger partial charge in [0.25, 0.3) is 0 Å². The van der Waals surface area contributed by atoms with Gasteiger partial charge in [0.15, 0.2) is 0 Å². The number of carbonyl (C=O) groups is 4. The van der Waals surface area contributed by atoms with Gasteiger partial charge in [-0.25, -0.2) is 0 Å². The molecule has 0 aliphatic carbocycles. The van der Waals surface area contributed by atoms with Gasteiger partial charge in [-0.1, -0.05) is 0 Å². The molecule has 0 radical (unpaired) electrons. The van der Waals surface area contributed by atoms with Crippen LogP contribution < -0.4 is 0 Å². The molecule has 0 saturated heterocycles. The van der Waals surface area contributed by atoms with E-state index in [4.69, 9.17) is 0 Å². The molecule has 0 bridgehead atoms. The predicted octanol–water partition coefficient (Wildman–Crippen LogP) is 2.12. The molecule has 4 nitrogen and oxygen atoms in total. The van der Waals surface area contributed by atoms with Gasteiger partial charge in [0.05, 0.1) is 0 Å². The summed E-state index contributed by atoms with van der Waals surface area (Å²) in [5, 5.41) is 0. The Morgan fingerprint density at radius 1 is 0.400 bits per heavy atom. The maximum absolute atomic E-state index is 12.3. The second-order valence-corrected chi connectivity index (χ2v) is 17.0. The molecule has 0 saturated carbocycles. The summed E-state index contributed by atoms with van der Waals surface area (Å²) in [5.74, 6) is 0. The van der Waals surface area contributed by atoms with Gasteiger partial charge in [0, 0.05) is 0 Å². The van der Waals surface area contributed by atoms with E-state index in [1.54, 1.807) is 0 Å². The Bertz CT molecular complexity index is 497. The zero-order valence-electron chi connectivity index (χ0n) is 10.7. The van der Waals surface area contributed by atoms with Crippen molar-refractivity contribution in [3.63, 3.8) is 0 Å². The standard InChI is InChI=1S/4C2F3O.Pb/c4*3-2(4,5)1-6;. The molecule has 0 spiro atoms. The van der Waals surface area contributed by atoms with E-state index in [0.717, 1.165) is 0 Å². The molecule has 0 atom stereocenters. The topological polar surface area (TPSA) is 68.3 Å². The number of carbonyl (C=O) groups excluding carboxylic acids is 4. The molecule has 0 aliphatic rings. The van der Waals surface area contributed by atoms with Crippen LogP contribution in [0.1, 0.15) is 0 Å². The van der Waals surface area contributed by atoms with Crippen molar-refractivity contribution < 1.29 is 71.9 Å². The van der Waals surface area contributed by atoms with Gasteiger partial charge in [0.2, 0.25) is 0 Å². The van der Waals surface area contributed by atoms with Crippen LogP contribution in [0.2, 0.25) is 0 Å². The van der Waals surface area contributed by atoms with E-state index in [-0.39, 0.29) is 0 Å². The molecule has 0 aromatic carbocycles. The van der Waals surface area contributed by atoms with Gasteiger partial charge < -0.3 is 0 Å². The zero-order chi connectivity index (χ0) is 20.8. The van der Waals surface area contributed by atoms with E-state index < -0.39 is 59.2 Å². The van der Waals surface area contributed by atoms with Crippen molar-refractivity contribution >= 4 is 34.5 Å². The molecular formula is C8F12O4Pb. The van der Waals surface area contributed by atoms with Crippen LogP contribution in [0.25, 0.3) is 0 Å². The monoisotopic (exact) mass is 596 g/mol. The van der Waals surface area contributed by atoms with Gasteiger partial charge in [-0.3, -0.25) is 0 Å². The number of alkyl halides is 12. The van der Waals surface area contributed by atoms with Crippen LogP contribution in [0.5, 0.6) is 0 Å². The second kappa shape index (κ2) is 6.49. The fourth-order valence-electron chi connectivity index (χ4n) is 1.47. The van der Waals surface area contributed by atoms with E-state index in [1.807, 2.05) is 0 Å². The average molecular weight is 595 g/mol. The van der Waals surface area contributed by atoms with Crippen molar-refractivity contribution in [3.05, 3.63) is 0 Å². The molecule has 0 aromatic heterocycles. The maximum atomic E-state index is 12.3. The van der Waals surface area contributed by atoms with Crippen molar-refractivity contribution in [1.29, 1.82) is 0 Å². The fraction of sp³-hybridized carbons (Fsp3) is 0.500. The molecule has 17 heteroatoms. The average Bonchev–Trinajstić information content (AvgIpc) is 2.34. The first-order chi connectivity index (χ1) is 10.6. The Balaban J connectivity index is 7.24. The SMILES string of the molecule is O=[C](C(F)(F)F)[Pb]([C](=O)C(F)(F)F)([C](=O)C(F)(F)F)[C](=O)C(F)(F)F. The van der Waals surface area contributed by atoms with E-state index in [1.165, 1.54) is 0 Å². The summed E-state index contributed by atoms with van der Waals surface area (Å²) in [6.07, 6.45) is -27.6. The summed E-state index contributed by atoms with van der Waals surface area (Å²) in [6, 6.07) is 0. The van der Waals surface area contributed by atoms with Gasteiger partial charge >= 0.3 is 131 Å². The fourth-order valence-corrected chi connectivity index (χ4v) is 12.9. The summed E-state index contributed by atoms with van der Waals surface area (Å²) >= 11 is -10.0. The molecule has 0 heterocycles. The quantitative estimate of drug-likeness (QED) is 0.369. The van der Waals surface area contributed by atoms with Crippen LogP contribution in [0.15, 0.2) is 0 Å². The zero-order valence-corrected chi connectivity index (χ0v) is 14.6. The second-order valence-electron chi connectivity index (χ2n) is 4.06. The Kier molecular flexibility index (Phi) is 6.17. The first kappa shape index (κ1) is 23.8. The molecule has 0 aromatic rings. The number of halogens is 12. The van der Waals surface area contributed by atoms with Gasteiger partial charge in [-0.2, -0.15) is 0 Å². The van der Waals surface area contributed by atoms with Crippen molar-refractivity contribution in [3.8, 4) is 0 Å². The first-order valence-electron chi connectivity index (χ1n) is 5.08. The van der Waals surface area contributed by atoms with Crippen molar-refractivity contribution in [2.24, 2.45) is 0 Å². The van der Waals surface area contributed by atoms with Gasteiger partial charge in [-0.05, 0) is 0 Å². The van der Waals surface area contributed by atoms with Gasteiger partial charge in [-0.15, -0.1) is 0 Å². The Morgan fingerprint density at radius 3 is 0.600 bits per heavy atom. The summed E-state index contributed by atoms with van der Waals surface area (Å²) < 4.78 is 130. The summed E-state index contributed by atoms with van der Waals surface area (Å²) in [6.45, 7) is 0. The molecule has 0 N–H and O–H groups in total. The summed E-state index contributed by atoms with van der Waals surface area (Å²) in [4.78, 5) is 43.8. The van der Waals surface area contributed by atoms with E-state index in [9.17, 15) is 71.9 Å². The van der Waals surface area contributed by atoms with E-state index >= 15 is 0 Å². The normalized spacial score (nSPS) is 14.2. The number of rotatable bonds is 4. The summed E-state index contributed by atoms with van der Waals surface area (Å²) in [7, 11) is 0. The number of hydrogen-bond acceptors (Lipinski definition) is 4. The van der Waals surface area contributed by atoms with E-state index in [2.05, 4.69) is 0 Å². The molecule has 144 valence electrons. The predicted molar refractivity (Wildman–Crippen MR) is 50.0 cm³/mol. The third-order valence-electron chi connectivity index (χ3n) is 2.39. The van der Waals surface area contributed by atoms with Crippen LogP contribution in [0.4, 0.5) is 52.7 Å². The molecule has 25 heavy (non-hydrogen) atoms. The first-order valence-corrected chi connectivity index (χ1v) is 12.9. The van der Waals surface area contributed by atoms with Crippen LogP contribution in [-0.4, -0.2) is 59.2 Å². The molecule has 0 aliphatic heterocycles. The van der Waals surface area contributed by atoms with Crippen molar-refractivity contribution in [2.45, 2.75) is 24.7 Å². The van der Waals surface area contributed by atoms with Crippen LogP contribution in [0.3, 0.4) is 0 Å². The van der Waals surface area contributed by atoms with Crippen molar-refractivity contribution in [2.75, 3.05) is 0 Å². The van der Waals surface area contributed by atoms with Crippen LogP contribution in [-0.2, 0) is 19.2 Å². The van der Waals surface area contributed by atoms with Crippen LogP contribution in [0, 0.1) is 0 Å². The Hall–Kier alpha value is -1.24. The molecule has 0 unspecified atom stereocenters. The molecule has 0 fully saturated rings. The Labute approximate surface area is 131 Å². The van der Waals surface area contributed by atoms with Crippen molar-refractivity contribution in [1.82, 2.24) is 0 Å². The Morgan fingerprint density at radius 2 is 0.520 bits per heavy atom. The number of hydrogen-bond donors (Lipinski definition) is 0. The van der Waals surface area contributed by atoms with Gasteiger partial charge in [0.1, 0.15) is 0 Å². The van der Waals surface area contributed by atoms with E-state index in [0.29, 0.717) is 0 Å².